The van der Waals surface area contributed by atoms with E-state index in [1.165, 1.54) is 12.3 Å². The monoisotopic (exact) mass is 524 g/mol. The highest BCUT2D eigenvalue weighted by molar-refractivity contribution is 7.66. The van der Waals surface area contributed by atoms with Crippen LogP contribution < -0.4 is 5.73 Å². The number of hydrogen-bond acceptors (Lipinski definition) is 13. The van der Waals surface area contributed by atoms with Crippen LogP contribution in [-0.4, -0.2) is 78.0 Å². The van der Waals surface area contributed by atoms with Gasteiger partial charge in [0.2, 0.25) is 6.35 Å². The minimum absolute atomic E-state index is 0.000276. The fourth-order valence-electron chi connectivity index (χ4n) is 2.68. The number of phosphoric acid groups is 3. The molecule has 0 spiro atoms. The minimum atomic E-state index is -5.77. The Morgan fingerprint density at radius 1 is 1.28 bits per heavy atom. The number of azide groups is 1. The quantitative estimate of drug-likeness (QED) is 0.0776. The topological polar surface area (TPSA) is 300 Å². The van der Waals surface area contributed by atoms with Gasteiger partial charge >= 0.3 is 23.5 Å². The average Bonchev–Trinajstić information content (AvgIpc) is 2.92. The number of phosphoric ester groups is 1. The molecule has 32 heavy (non-hydrogen) atoms. The van der Waals surface area contributed by atoms with Gasteiger partial charge in [0.1, 0.15) is 17.7 Å². The van der Waals surface area contributed by atoms with Gasteiger partial charge in [-0.1, -0.05) is 5.11 Å². The molecule has 2 aliphatic heterocycles. The number of amidine groups is 1. The van der Waals surface area contributed by atoms with Gasteiger partial charge in [-0.05, 0) is 11.6 Å². The highest BCUT2D eigenvalue weighted by Gasteiger charge is 2.52. The summed E-state index contributed by atoms with van der Waals surface area (Å²) in [5.74, 6) is 0.000276. The van der Waals surface area contributed by atoms with E-state index in [1.807, 2.05) is 0 Å². The Labute approximate surface area is 178 Å². The van der Waals surface area contributed by atoms with Crippen molar-refractivity contribution in [2.75, 3.05) is 13.2 Å². The van der Waals surface area contributed by atoms with Gasteiger partial charge in [0.15, 0.2) is 0 Å². The van der Waals surface area contributed by atoms with Crippen LogP contribution in [-0.2, 0) is 31.6 Å². The zero-order valence-electron chi connectivity index (χ0n) is 15.7. The van der Waals surface area contributed by atoms with Crippen molar-refractivity contribution in [1.29, 1.82) is 0 Å². The van der Waals surface area contributed by atoms with E-state index in [1.54, 1.807) is 0 Å². The molecule has 2 heterocycles. The second-order valence-corrected chi connectivity index (χ2v) is 10.7. The molecule has 8 N–H and O–H groups in total. The molecule has 6 atom stereocenters. The van der Waals surface area contributed by atoms with Gasteiger partial charge in [-0.25, -0.2) is 18.7 Å². The van der Waals surface area contributed by atoms with Crippen molar-refractivity contribution in [3.8, 4) is 0 Å². The van der Waals surface area contributed by atoms with Crippen LogP contribution in [0, 0.1) is 0 Å². The van der Waals surface area contributed by atoms with Crippen molar-refractivity contribution in [3.05, 3.63) is 22.7 Å². The first-order valence-corrected chi connectivity index (χ1v) is 12.7. The summed E-state index contributed by atoms with van der Waals surface area (Å²) < 4.78 is 51.4. The Balaban J connectivity index is 2.16. The Morgan fingerprint density at radius 2 is 1.94 bits per heavy atom. The number of nitrogens with zero attached hydrogens (tertiary/aromatic N) is 5. The van der Waals surface area contributed by atoms with Gasteiger partial charge < -0.3 is 45.2 Å². The van der Waals surface area contributed by atoms with E-state index < -0.39 is 60.9 Å². The molecule has 182 valence electrons. The molecule has 19 nitrogen and oxygen atoms in total. The number of ether oxygens (including phenoxy) is 1. The SMILES string of the molecule is [N-]=[N+]=NC[C@]1(COP(=O)(O)OP(=O)(O)OP(=O)(O)O)O[C@@H](N2C=CC(N)=NC2O)C[C@@H]1O. The van der Waals surface area contributed by atoms with E-state index in [0.29, 0.717) is 0 Å². The first kappa shape index (κ1) is 26.9. The summed E-state index contributed by atoms with van der Waals surface area (Å²) in [4.78, 5) is 43.2. The largest absolute Gasteiger partial charge is 0.490 e. The lowest BCUT2D eigenvalue weighted by Crippen LogP contribution is -2.48. The zero-order valence-corrected chi connectivity index (χ0v) is 18.4. The number of rotatable bonds is 10. The lowest BCUT2D eigenvalue weighted by atomic mass is 9.98. The first-order valence-electron chi connectivity index (χ1n) is 8.20. The summed E-state index contributed by atoms with van der Waals surface area (Å²) in [6, 6.07) is 0. The maximum Gasteiger partial charge on any atom is 0.490 e. The molecule has 3 unspecified atom stereocenters. The normalized spacial score (nSPS) is 32.0. The summed E-state index contributed by atoms with van der Waals surface area (Å²) in [7, 11) is -16.9. The number of nitrogens with two attached hydrogens (primary N) is 1. The molecule has 0 aromatic heterocycles. The summed E-state index contributed by atoms with van der Waals surface area (Å²) in [5, 5.41) is 23.7. The zero-order chi connectivity index (χ0) is 24.4. The lowest BCUT2D eigenvalue weighted by molar-refractivity contribution is -0.154. The highest BCUT2D eigenvalue weighted by Crippen LogP contribution is 2.66. The minimum Gasteiger partial charge on any atom is -0.390 e. The van der Waals surface area contributed by atoms with E-state index in [-0.39, 0.29) is 12.3 Å². The predicted octanol–water partition coefficient (Wildman–Crippen LogP) is -1.05. The third-order valence-electron chi connectivity index (χ3n) is 3.97. The molecule has 22 heteroatoms. The third kappa shape index (κ3) is 7.31. The fraction of sp³-hybridized carbons (Fsp3) is 0.700. The van der Waals surface area contributed by atoms with E-state index in [2.05, 4.69) is 28.2 Å². The molecule has 0 aliphatic carbocycles. The molecule has 0 bridgehead atoms. The fourth-order valence-corrected chi connectivity index (χ4v) is 5.75. The molecule has 0 radical (unpaired) electrons. The van der Waals surface area contributed by atoms with Crippen molar-refractivity contribution >= 4 is 29.3 Å². The third-order valence-corrected chi connectivity index (χ3v) is 7.76. The van der Waals surface area contributed by atoms with Crippen LogP contribution >= 0.6 is 23.5 Å². The van der Waals surface area contributed by atoms with Gasteiger partial charge in [-0.3, -0.25) is 4.52 Å². The van der Waals surface area contributed by atoms with Crippen molar-refractivity contribution in [2.24, 2.45) is 15.8 Å². The van der Waals surface area contributed by atoms with Crippen LogP contribution in [0.3, 0.4) is 0 Å². The van der Waals surface area contributed by atoms with E-state index in [9.17, 15) is 33.7 Å². The van der Waals surface area contributed by atoms with Crippen LogP contribution in [0.25, 0.3) is 10.4 Å². The van der Waals surface area contributed by atoms with Crippen LogP contribution in [0.4, 0.5) is 0 Å². The van der Waals surface area contributed by atoms with E-state index >= 15 is 0 Å². The second-order valence-electron chi connectivity index (χ2n) is 6.31. The summed E-state index contributed by atoms with van der Waals surface area (Å²) >= 11 is 0. The van der Waals surface area contributed by atoms with Crippen LogP contribution in [0.5, 0.6) is 0 Å². The molecule has 0 aromatic carbocycles. The van der Waals surface area contributed by atoms with Crippen molar-refractivity contribution in [2.45, 2.75) is 30.7 Å². The Hall–Kier alpha value is -1.39. The second kappa shape index (κ2) is 9.85. The van der Waals surface area contributed by atoms with Gasteiger partial charge in [0.25, 0.3) is 0 Å². The smallest absolute Gasteiger partial charge is 0.390 e. The molecule has 0 saturated carbocycles. The summed E-state index contributed by atoms with van der Waals surface area (Å²) in [6.45, 7) is -1.75. The first-order chi connectivity index (χ1) is 14.6. The molecule has 1 fully saturated rings. The maximum atomic E-state index is 12.0. The van der Waals surface area contributed by atoms with E-state index in [4.69, 9.17) is 25.8 Å². The van der Waals surface area contributed by atoms with Gasteiger partial charge in [0.05, 0.1) is 19.3 Å². The van der Waals surface area contributed by atoms with Crippen LogP contribution in [0.1, 0.15) is 6.42 Å². The van der Waals surface area contributed by atoms with Gasteiger partial charge in [-0.2, -0.15) is 8.62 Å². The standard InChI is InChI=1S/C10H19N6O13P3/c11-7-1-2-16(9(18)14-7)8-3-6(17)10(27-8,4-13-15-12)5-26-31(22,23)29-32(24,25)28-30(19,20)21/h1-2,6,8-9,17-18H,3-5H2,(H2,11,14)(H,22,23)(H,24,25)(H2,19,20,21)/t6-,8+,9?,10+/m0/s1. The Morgan fingerprint density at radius 3 is 2.50 bits per heavy atom. The van der Waals surface area contributed by atoms with Crippen molar-refractivity contribution in [3.63, 3.8) is 0 Å². The lowest BCUT2D eigenvalue weighted by Gasteiger charge is -2.34. The molecular formula is C10H19N6O13P3. The summed E-state index contributed by atoms with van der Waals surface area (Å²) in [6.07, 6.45) is -1.82. The van der Waals surface area contributed by atoms with Gasteiger partial charge in [0, 0.05) is 17.5 Å². The predicted molar refractivity (Wildman–Crippen MR) is 101 cm³/mol. The Bertz CT molecular complexity index is 964. The maximum absolute atomic E-state index is 12.0. The van der Waals surface area contributed by atoms with Crippen LogP contribution in [0.15, 0.2) is 22.4 Å². The molecule has 2 rings (SSSR count). The van der Waals surface area contributed by atoms with E-state index in [0.717, 1.165) is 4.90 Å². The molecular weight excluding hydrogens is 505 g/mol. The Kier molecular flexibility index (Phi) is 8.27. The molecule has 0 amide bonds. The van der Waals surface area contributed by atoms with Crippen LogP contribution in [0.2, 0.25) is 0 Å². The highest BCUT2D eigenvalue weighted by atomic mass is 31.3. The summed E-state index contributed by atoms with van der Waals surface area (Å²) in [5.41, 5.74) is 12.0. The molecule has 0 aromatic rings. The van der Waals surface area contributed by atoms with Crippen molar-refractivity contribution in [1.82, 2.24) is 4.90 Å². The number of aliphatic hydroxyl groups excluding tert-OH is 2. The molecule has 2 aliphatic rings. The number of aliphatic imine (C=N–C) groups is 1. The van der Waals surface area contributed by atoms with Crippen molar-refractivity contribution < 1.29 is 61.4 Å². The van der Waals surface area contributed by atoms with Gasteiger partial charge in [-0.15, -0.1) is 0 Å². The molecule has 1 saturated heterocycles. The number of hydrogen-bond donors (Lipinski definition) is 7. The average molecular weight is 524 g/mol. The number of aliphatic hydroxyl groups is 2.